The average Bonchev–Trinajstić information content (AvgIpc) is 3.43. The third kappa shape index (κ3) is 5.91. The summed E-state index contributed by atoms with van der Waals surface area (Å²) in [7, 11) is 1.88. The number of hydrogen-bond acceptors (Lipinski definition) is 6. The maximum atomic E-state index is 13.8. The van der Waals surface area contributed by atoms with Crippen molar-refractivity contribution in [3.05, 3.63) is 0 Å². The molecule has 4 fully saturated rings. The summed E-state index contributed by atoms with van der Waals surface area (Å²) >= 11 is 0. The Morgan fingerprint density at radius 1 is 1.03 bits per heavy atom. The van der Waals surface area contributed by atoms with E-state index in [9.17, 15) is 13.6 Å². The highest BCUT2D eigenvalue weighted by Gasteiger charge is 2.38. The molecule has 2 saturated heterocycles. The lowest BCUT2D eigenvalue weighted by Crippen LogP contribution is -2.52. The summed E-state index contributed by atoms with van der Waals surface area (Å²) in [4.78, 5) is 17.7. The molecule has 0 spiro atoms. The maximum absolute atomic E-state index is 13.8. The number of nitrogens with one attached hydrogen (secondary N) is 5. The lowest BCUT2D eigenvalue weighted by Gasteiger charge is -2.31. The van der Waals surface area contributed by atoms with Crippen molar-refractivity contribution < 1.29 is 13.6 Å². The van der Waals surface area contributed by atoms with Gasteiger partial charge >= 0.3 is 0 Å². The highest BCUT2D eigenvalue weighted by Crippen LogP contribution is 2.33. The van der Waals surface area contributed by atoms with Crippen molar-refractivity contribution in [2.45, 2.75) is 107 Å². The zero-order valence-corrected chi connectivity index (χ0v) is 18.5. The van der Waals surface area contributed by atoms with Gasteiger partial charge in [0.15, 0.2) is 5.96 Å². The third-order valence-corrected chi connectivity index (χ3v) is 7.10. The van der Waals surface area contributed by atoms with Gasteiger partial charge in [-0.05, 0) is 44.9 Å². The molecule has 2 saturated carbocycles. The summed E-state index contributed by atoms with van der Waals surface area (Å²) in [6.07, 6.45) is 4.24. The van der Waals surface area contributed by atoms with Gasteiger partial charge in [-0.3, -0.25) is 21.0 Å². The lowest BCUT2D eigenvalue weighted by atomic mass is 9.81. The quantitative estimate of drug-likeness (QED) is 0.333. The molecular formula is C21H37F2N7O. The van der Waals surface area contributed by atoms with Crippen LogP contribution in [-0.4, -0.2) is 66.6 Å². The van der Waals surface area contributed by atoms with Crippen LogP contribution in [0.3, 0.4) is 0 Å². The van der Waals surface area contributed by atoms with Crippen LogP contribution in [0.5, 0.6) is 0 Å². The van der Waals surface area contributed by atoms with E-state index in [4.69, 9.17) is 4.99 Å². The van der Waals surface area contributed by atoms with E-state index in [0.29, 0.717) is 31.3 Å². The number of rotatable bonds is 4. The second-order valence-corrected chi connectivity index (χ2v) is 9.79. The third-order valence-electron chi connectivity index (χ3n) is 7.10. The van der Waals surface area contributed by atoms with Crippen LogP contribution in [0.1, 0.15) is 64.7 Å². The van der Waals surface area contributed by atoms with Crippen LogP contribution in [0.15, 0.2) is 4.99 Å². The van der Waals surface area contributed by atoms with E-state index < -0.39 is 12.3 Å². The molecule has 2 aliphatic heterocycles. The van der Waals surface area contributed by atoms with Gasteiger partial charge in [0.25, 0.3) is 0 Å². The van der Waals surface area contributed by atoms with Gasteiger partial charge in [-0.1, -0.05) is 12.8 Å². The van der Waals surface area contributed by atoms with E-state index >= 15 is 0 Å². The van der Waals surface area contributed by atoms with Gasteiger partial charge in [0, 0.05) is 38.0 Å². The van der Waals surface area contributed by atoms with Crippen molar-refractivity contribution in [2.75, 3.05) is 7.05 Å². The van der Waals surface area contributed by atoms with Crippen molar-refractivity contribution in [3.8, 4) is 0 Å². The topological polar surface area (TPSA) is 92.8 Å². The predicted octanol–water partition coefficient (Wildman–Crippen LogP) is 1.26. The van der Waals surface area contributed by atoms with Gasteiger partial charge in [-0.2, -0.15) is 0 Å². The van der Waals surface area contributed by atoms with Crippen LogP contribution >= 0.6 is 0 Å². The van der Waals surface area contributed by atoms with Crippen molar-refractivity contribution in [3.63, 3.8) is 0 Å². The average molecular weight is 442 g/mol. The summed E-state index contributed by atoms with van der Waals surface area (Å²) < 4.78 is 27.7. The van der Waals surface area contributed by atoms with E-state index in [1.54, 1.807) is 0 Å². The van der Waals surface area contributed by atoms with Crippen LogP contribution < -0.4 is 26.9 Å². The van der Waals surface area contributed by atoms with Gasteiger partial charge < -0.3 is 5.32 Å². The Morgan fingerprint density at radius 3 is 2.39 bits per heavy atom. The number of aliphatic imine (C=N–C) groups is 1. The Kier molecular flexibility index (Phi) is 7.40. The first-order valence-corrected chi connectivity index (χ1v) is 11.8. The van der Waals surface area contributed by atoms with Gasteiger partial charge in [0.05, 0.1) is 0 Å². The zero-order valence-electron chi connectivity index (χ0n) is 18.5. The second kappa shape index (κ2) is 10.1. The molecule has 8 nitrogen and oxygen atoms in total. The fourth-order valence-electron chi connectivity index (χ4n) is 5.50. The SMILES string of the molecule is CC1CC(C(=O)N/C(=N\C2CC(C3CC(F)CC(F)C3)NN2)NC2CCCC2)N(C)N1. The summed E-state index contributed by atoms with van der Waals surface area (Å²) in [6, 6.07) is 0.276. The molecule has 2 aliphatic carbocycles. The monoisotopic (exact) mass is 441 g/mol. The standard InChI is InChI=1S/C21H37F2N7O/c1-12-7-18(30(2)29-12)20(31)26-21(24-16-5-3-4-6-16)25-19-11-17(27-28-19)13-8-14(22)10-15(23)9-13/h12-19,27-29H,3-11H2,1-2H3,(H2,24,25,26,31). The minimum Gasteiger partial charge on any atom is -0.353 e. The lowest BCUT2D eigenvalue weighted by molar-refractivity contribution is -0.124. The minimum atomic E-state index is -1.07. The molecule has 2 heterocycles. The van der Waals surface area contributed by atoms with Crippen LogP contribution in [0.2, 0.25) is 0 Å². The Bertz CT molecular complexity index is 650. The molecule has 4 aliphatic rings. The molecule has 0 bridgehead atoms. The first-order valence-electron chi connectivity index (χ1n) is 11.8. The van der Waals surface area contributed by atoms with Crippen molar-refractivity contribution in [1.29, 1.82) is 0 Å². The van der Waals surface area contributed by atoms with Crippen LogP contribution in [0.25, 0.3) is 0 Å². The molecule has 10 heteroatoms. The maximum Gasteiger partial charge on any atom is 0.245 e. The number of hydrogen-bond donors (Lipinski definition) is 5. The molecule has 0 aromatic heterocycles. The molecule has 0 aromatic carbocycles. The number of hydrazine groups is 2. The minimum absolute atomic E-state index is 0.0167. The number of alkyl halides is 2. The van der Waals surface area contributed by atoms with Crippen molar-refractivity contribution in [1.82, 2.24) is 31.9 Å². The largest absolute Gasteiger partial charge is 0.353 e. The predicted molar refractivity (Wildman–Crippen MR) is 115 cm³/mol. The summed E-state index contributed by atoms with van der Waals surface area (Å²) in [5.74, 6) is 0.353. The molecule has 6 atom stereocenters. The summed E-state index contributed by atoms with van der Waals surface area (Å²) in [5.41, 5.74) is 9.58. The Morgan fingerprint density at radius 2 is 1.74 bits per heavy atom. The molecule has 5 N–H and O–H groups in total. The number of amides is 1. The van der Waals surface area contributed by atoms with Gasteiger partial charge in [0.1, 0.15) is 24.6 Å². The van der Waals surface area contributed by atoms with Gasteiger partial charge in [0.2, 0.25) is 5.91 Å². The Balaban J connectivity index is 1.39. The molecule has 1 amide bonds. The van der Waals surface area contributed by atoms with Crippen LogP contribution in [0, 0.1) is 5.92 Å². The molecule has 0 radical (unpaired) electrons. The summed E-state index contributed by atoms with van der Waals surface area (Å²) in [6.45, 7) is 2.05. The van der Waals surface area contributed by atoms with E-state index in [-0.39, 0.29) is 42.5 Å². The molecule has 6 unspecified atom stereocenters. The number of halogens is 2. The van der Waals surface area contributed by atoms with Crippen LogP contribution in [-0.2, 0) is 4.79 Å². The first kappa shape index (κ1) is 22.8. The van der Waals surface area contributed by atoms with Gasteiger partial charge in [-0.25, -0.2) is 24.2 Å². The Labute approximate surface area is 183 Å². The number of carbonyl (C=O) groups is 1. The van der Waals surface area contributed by atoms with Gasteiger partial charge in [-0.15, -0.1) is 0 Å². The fourth-order valence-corrected chi connectivity index (χ4v) is 5.50. The normalized spacial score (nSPS) is 40.4. The zero-order chi connectivity index (χ0) is 22.0. The summed E-state index contributed by atoms with van der Waals surface area (Å²) in [5, 5.41) is 8.28. The number of guanidine groups is 1. The van der Waals surface area contributed by atoms with Crippen LogP contribution in [0.4, 0.5) is 8.78 Å². The first-order chi connectivity index (χ1) is 14.9. The van der Waals surface area contributed by atoms with E-state index in [1.807, 2.05) is 12.1 Å². The molecule has 31 heavy (non-hydrogen) atoms. The number of carbonyl (C=O) groups excluding carboxylic acids is 1. The van der Waals surface area contributed by atoms with E-state index in [1.165, 1.54) is 12.8 Å². The van der Waals surface area contributed by atoms with Crippen molar-refractivity contribution in [2.24, 2.45) is 10.9 Å². The molecule has 176 valence electrons. The van der Waals surface area contributed by atoms with Crippen molar-refractivity contribution >= 4 is 11.9 Å². The second-order valence-electron chi connectivity index (χ2n) is 9.79. The highest BCUT2D eigenvalue weighted by molar-refractivity contribution is 5.99. The van der Waals surface area contributed by atoms with E-state index in [2.05, 4.69) is 33.8 Å². The number of likely N-dealkylation sites (N-methyl/N-ethyl adjacent to an activating group) is 1. The fraction of sp³-hybridized carbons (Fsp3) is 0.905. The molecule has 0 aromatic rings. The van der Waals surface area contributed by atoms with E-state index in [0.717, 1.165) is 19.3 Å². The smallest absolute Gasteiger partial charge is 0.245 e. The Hall–Kier alpha value is -1.36. The molecular weight excluding hydrogens is 404 g/mol. The highest BCUT2D eigenvalue weighted by atomic mass is 19.1. The molecule has 4 rings (SSSR count). The number of nitrogens with zero attached hydrogens (tertiary/aromatic N) is 2.